The first kappa shape index (κ1) is 11.4. The molecule has 0 radical (unpaired) electrons. The van der Waals surface area contributed by atoms with Gasteiger partial charge in [0.2, 0.25) is 5.91 Å². The van der Waals surface area contributed by atoms with Crippen molar-refractivity contribution in [3.8, 4) is 0 Å². The lowest BCUT2D eigenvalue weighted by Crippen LogP contribution is -2.40. The second kappa shape index (κ2) is 3.66. The predicted octanol–water partition coefficient (Wildman–Crippen LogP) is 0.0650. The normalized spacial score (nSPS) is 28.7. The highest BCUT2D eigenvalue weighted by Gasteiger charge is 2.44. The number of rotatable bonds is 1. The molecule has 8 N–H and O–H groups in total. The molecule has 1 heterocycles. The first-order valence-electron chi connectivity index (χ1n) is 5.62. The van der Waals surface area contributed by atoms with Crippen molar-refractivity contribution in [3.05, 3.63) is 29.3 Å². The molecule has 0 aromatic heterocycles. The van der Waals surface area contributed by atoms with Crippen LogP contribution in [0.2, 0.25) is 0 Å². The molecule has 1 aliphatic carbocycles. The van der Waals surface area contributed by atoms with E-state index in [0.717, 1.165) is 16.0 Å². The van der Waals surface area contributed by atoms with E-state index in [1.165, 1.54) is 11.8 Å². The van der Waals surface area contributed by atoms with Gasteiger partial charge in [-0.1, -0.05) is 6.07 Å². The van der Waals surface area contributed by atoms with Crippen LogP contribution in [-0.4, -0.2) is 17.2 Å². The van der Waals surface area contributed by atoms with E-state index in [1.807, 2.05) is 6.07 Å². The van der Waals surface area contributed by atoms with Gasteiger partial charge in [-0.15, -0.1) is 11.8 Å². The Bertz CT molecular complexity index is 589. The van der Waals surface area contributed by atoms with Gasteiger partial charge in [-0.3, -0.25) is 4.79 Å². The summed E-state index contributed by atoms with van der Waals surface area (Å²) in [6.07, 6.45) is 1.79. The fourth-order valence-electron chi connectivity index (χ4n) is 2.71. The molecule has 2 aliphatic rings. The molecule has 3 atom stereocenters. The average molecular weight is 263 g/mol. The molecule has 1 amide bonds. The van der Waals surface area contributed by atoms with Crippen LogP contribution in [0, 0.1) is 0 Å². The van der Waals surface area contributed by atoms with Gasteiger partial charge in [0.15, 0.2) is 0 Å². The lowest BCUT2D eigenvalue weighted by molar-refractivity contribution is -0.117. The van der Waals surface area contributed by atoms with Crippen molar-refractivity contribution in [1.29, 1.82) is 0 Å². The molecular formula is C12H15N4OS+. The summed E-state index contributed by atoms with van der Waals surface area (Å²) in [5, 5.41) is -0.372. The van der Waals surface area contributed by atoms with Gasteiger partial charge >= 0.3 is 1.43 Å². The van der Waals surface area contributed by atoms with Crippen molar-refractivity contribution in [2.45, 2.75) is 22.1 Å². The van der Waals surface area contributed by atoms with E-state index >= 15 is 0 Å². The first-order chi connectivity index (χ1) is 8.50. The topological polar surface area (TPSA) is 121 Å². The monoisotopic (exact) mass is 263 g/mol. The molecule has 0 fully saturated rings. The number of amides is 1. The average Bonchev–Trinajstić information content (AvgIpc) is 2.69. The van der Waals surface area contributed by atoms with E-state index in [1.54, 1.807) is 12.1 Å². The van der Waals surface area contributed by atoms with Crippen LogP contribution < -0.4 is 22.9 Å². The number of carbonyl (C=O) groups excluding carboxylic acids is 1. The molecule has 6 heteroatoms. The second-order valence-corrected chi connectivity index (χ2v) is 5.76. The van der Waals surface area contributed by atoms with Crippen molar-refractivity contribution < 1.29 is 6.22 Å². The SMILES string of the molecule is NC(=O)C1Sc2c(N)ccc3c2C1C(N)C=C3N.[H+]. The number of nitrogen functional groups attached to an aromatic ring is 1. The van der Waals surface area contributed by atoms with Gasteiger partial charge in [-0.2, -0.15) is 0 Å². The third-order valence-electron chi connectivity index (χ3n) is 3.51. The van der Waals surface area contributed by atoms with Gasteiger partial charge < -0.3 is 22.9 Å². The highest BCUT2D eigenvalue weighted by molar-refractivity contribution is 8.01. The van der Waals surface area contributed by atoms with Gasteiger partial charge in [0.05, 0.1) is 5.25 Å². The van der Waals surface area contributed by atoms with Crippen molar-refractivity contribution >= 4 is 29.1 Å². The Hall–Kier alpha value is -1.66. The highest BCUT2D eigenvalue weighted by atomic mass is 32.2. The van der Waals surface area contributed by atoms with E-state index in [0.29, 0.717) is 11.4 Å². The van der Waals surface area contributed by atoms with E-state index in [9.17, 15) is 4.79 Å². The van der Waals surface area contributed by atoms with Gasteiger partial charge in [-0.05, 0) is 17.7 Å². The van der Waals surface area contributed by atoms with E-state index in [4.69, 9.17) is 22.9 Å². The van der Waals surface area contributed by atoms with Crippen LogP contribution in [0.25, 0.3) is 5.70 Å². The largest absolute Gasteiger partial charge is 1.00 e. The summed E-state index contributed by atoms with van der Waals surface area (Å²) in [6, 6.07) is 3.38. The Morgan fingerprint density at radius 1 is 1.33 bits per heavy atom. The number of primary amides is 1. The summed E-state index contributed by atoms with van der Waals surface area (Å²) < 4.78 is 0. The number of carbonyl (C=O) groups is 1. The van der Waals surface area contributed by atoms with Crippen molar-refractivity contribution in [2.24, 2.45) is 17.2 Å². The number of thioether (sulfide) groups is 1. The highest BCUT2D eigenvalue weighted by Crippen LogP contribution is 2.53. The fourth-order valence-corrected chi connectivity index (χ4v) is 4.12. The molecule has 0 bridgehead atoms. The van der Waals surface area contributed by atoms with Crippen LogP contribution in [0.1, 0.15) is 18.5 Å². The standard InChI is InChI=1S/C12H14N4OS/c13-5-2-1-4-6(14)3-7(15)9-8(4)10(5)18-11(9)12(16)17/h1-3,7,9,11H,13-15H2,(H2,16,17)/p+1. The van der Waals surface area contributed by atoms with Crippen LogP contribution in [0.5, 0.6) is 0 Å². The molecule has 5 nitrogen and oxygen atoms in total. The van der Waals surface area contributed by atoms with Crippen molar-refractivity contribution in [3.63, 3.8) is 0 Å². The number of benzene rings is 1. The maximum Gasteiger partial charge on any atom is 1.00 e. The third-order valence-corrected chi connectivity index (χ3v) is 4.98. The zero-order chi connectivity index (χ0) is 13.0. The molecule has 1 aromatic carbocycles. The minimum Gasteiger partial charge on any atom is -0.398 e. The minimum absolute atomic E-state index is 0. The molecule has 3 rings (SSSR count). The lowest BCUT2D eigenvalue weighted by Gasteiger charge is -2.28. The maximum absolute atomic E-state index is 11.6. The van der Waals surface area contributed by atoms with Crippen LogP contribution in [0.15, 0.2) is 23.1 Å². The third kappa shape index (κ3) is 1.36. The predicted molar refractivity (Wildman–Crippen MR) is 73.7 cm³/mol. The summed E-state index contributed by atoms with van der Waals surface area (Å²) in [6.45, 7) is 0. The molecule has 0 saturated carbocycles. The van der Waals surface area contributed by atoms with Gasteiger partial charge in [0.25, 0.3) is 0 Å². The van der Waals surface area contributed by atoms with Crippen LogP contribution in [0.4, 0.5) is 5.69 Å². The van der Waals surface area contributed by atoms with Crippen LogP contribution in [-0.2, 0) is 4.79 Å². The molecule has 1 aromatic rings. The Balaban J connectivity index is 0.00000133. The number of anilines is 1. The molecule has 3 unspecified atom stereocenters. The summed E-state index contributed by atoms with van der Waals surface area (Å²) in [5.41, 5.74) is 26.7. The molecule has 94 valence electrons. The summed E-state index contributed by atoms with van der Waals surface area (Å²) >= 11 is 1.40. The Kier molecular flexibility index (Phi) is 2.33. The molecule has 18 heavy (non-hydrogen) atoms. The maximum atomic E-state index is 11.6. The summed E-state index contributed by atoms with van der Waals surface area (Å²) in [7, 11) is 0. The Morgan fingerprint density at radius 2 is 2.06 bits per heavy atom. The zero-order valence-corrected chi connectivity index (χ0v) is 10.4. The van der Waals surface area contributed by atoms with E-state index < -0.39 is 0 Å². The minimum atomic E-state index is -0.372. The van der Waals surface area contributed by atoms with Crippen LogP contribution in [0.3, 0.4) is 0 Å². The first-order valence-corrected chi connectivity index (χ1v) is 6.50. The zero-order valence-electron chi connectivity index (χ0n) is 10.6. The number of nitrogens with two attached hydrogens (primary N) is 4. The lowest BCUT2D eigenvalue weighted by atomic mass is 9.80. The van der Waals surface area contributed by atoms with Gasteiger partial charge in [0.1, 0.15) is 0 Å². The quantitative estimate of drug-likeness (QED) is 0.534. The summed E-state index contributed by atoms with van der Waals surface area (Å²) in [5.74, 6) is -0.496. The Morgan fingerprint density at radius 3 is 2.72 bits per heavy atom. The fraction of sp³-hybridized carbons (Fsp3) is 0.250. The second-order valence-electron chi connectivity index (χ2n) is 4.61. The molecule has 1 aliphatic heterocycles. The van der Waals surface area contributed by atoms with E-state index in [2.05, 4.69) is 0 Å². The molecular weight excluding hydrogens is 248 g/mol. The number of hydrogen-bond donors (Lipinski definition) is 4. The number of hydrogen-bond acceptors (Lipinski definition) is 5. The smallest absolute Gasteiger partial charge is 0.398 e. The van der Waals surface area contributed by atoms with Crippen molar-refractivity contribution in [2.75, 3.05) is 5.73 Å². The van der Waals surface area contributed by atoms with Gasteiger partial charge in [0, 0.05) is 33.8 Å². The summed E-state index contributed by atoms with van der Waals surface area (Å²) in [4.78, 5) is 12.5. The van der Waals surface area contributed by atoms with Gasteiger partial charge in [-0.25, -0.2) is 0 Å². The molecule has 0 saturated heterocycles. The Labute approximate surface area is 110 Å². The van der Waals surface area contributed by atoms with Crippen molar-refractivity contribution in [1.82, 2.24) is 0 Å². The van der Waals surface area contributed by atoms with E-state index in [-0.39, 0.29) is 24.5 Å². The van der Waals surface area contributed by atoms with Crippen LogP contribution >= 0.6 is 11.8 Å². The molecule has 0 spiro atoms.